The summed E-state index contributed by atoms with van der Waals surface area (Å²) in [6, 6.07) is 6.02. The predicted octanol–water partition coefficient (Wildman–Crippen LogP) is 1.18. The maximum Gasteiger partial charge on any atom is 0.326 e. The summed E-state index contributed by atoms with van der Waals surface area (Å²) in [6.45, 7) is 0.346. The van der Waals surface area contributed by atoms with Gasteiger partial charge in [-0.1, -0.05) is 28.1 Å². The quantitative estimate of drug-likeness (QED) is 0.769. The van der Waals surface area contributed by atoms with E-state index in [4.69, 9.17) is 5.11 Å². The average Bonchev–Trinajstić information content (AvgIpc) is 2.78. The zero-order valence-electron chi connectivity index (χ0n) is 10.6. The highest BCUT2D eigenvalue weighted by Gasteiger charge is 2.38. The Hall–Kier alpha value is -1.60. The monoisotopic (exact) mass is 342 g/mol. The normalized spacial score (nSPS) is 21.8. The molecule has 0 unspecified atom stereocenters. The number of carboxylic acids is 1. The number of benzene rings is 1. The fourth-order valence-electron chi connectivity index (χ4n) is 2.20. The summed E-state index contributed by atoms with van der Waals surface area (Å²) >= 11 is 3.34. The summed E-state index contributed by atoms with van der Waals surface area (Å²) in [5.41, 5.74) is 0.902. The maximum atomic E-state index is 12.0. The Balaban J connectivity index is 1.96. The van der Waals surface area contributed by atoms with Crippen LogP contribution >= 0.6 is 15.9 Å². The Morgan fingerprint density at radius 1 is 1.45 bits per heavy atom. The molecule has 0 aliphatic carbocycles. The van der Waals surface area contributed by atoms with Crippen LogP contribution in [0.2, 0.25) is 0 Å². The highest BCUT2D eigenvalue weighted by Crippen LogP contribution is 2.18. The zero-order chi connectivity index (χ0) is 14.7. The molecule has 0 radical (unpaired) electrons. The first kappa shape index (κ1) is 14.8. The summed E-state index contributed by atoms with van der Waals surface area (Å²) in [6.07, 6.45) is -0.715. The third kappa shape index (κ3) is 3.49. The Bertz CT molecular complexity index is 523. The van der Waals surface area contributed by atoms with Crippen LogP contribution in [-0.4, -0.2) is 45.8 Å². The molecular formula is C13H15BrN2O4. The first-order valence-corrected chi connectivity index (χ1v) is 6.96. The van der Waals surface area contributed by atoms with Crippen molar-refractivity contribution in [2.45, 2.75) is 25.1 Å². The number of nitrogens with zero attached hydrogens (tertiary/aromatic N) is 1. The zero-order valence-corrected chi connectivity index (χ0v) is 12.2. The van der Waals surface area contributed by atoms with Gasteiger partial charge in [0.1, 0.15) is 6.04 Å². The molecule has 1 saturated heterocycles. The summed E-state index contributed by atoms with van der Waals surface area (Å²) in [4.78, 5) is 24.2. The lowest BCUT2D eigenvalue weighted by atomic mass is 10.2. The van der Waals surface area contributed by atoms with Crippen molar-refractivity contribution in [1.82, 2.24) is 10.2 Å². The first-order valence-electron chi connectivity index (χ1n) is 6.17. The van der Waals surface area contributed by atoms with Crippen LogP contribution in [0.3, 0.4) is 0 Å². The van der Waals surface area contributed by atoms with Gasteiger partial charge >= 0.3 is 12.0 Å². The Kier molecular flexibility index (Phi) is 4.61. The third-order valence-electron chi connectivity index (χ3n) is 3.16. The molecule has 2 atom stereocenters. The molecular weight excluding hydrogens is 328 g/mol. The molecule has 1 fully saturated rings. The van der Waals surface area contributed by atoms with E-state index in [9.17, 15) is 14.7 Å². The van der Waals surface area contributed by atoms with E-state index in [1.54, 1.807) is 0 Å². The lowest BCUT2D eigenvalue weighted by molar-refractivity contribution is -0.141. The second-order valence-corrected chi connectivity index (χ2v) is 5.60. The van der Waals surface area contributed by atoms with Crippen LogP contribution in [0.15, 0.2) is 28.7 Å². The van der Waals surface area contributed by atoms with E-state index >= 15 is 0 Å². The number of hydrogen-bond donors (Lipinski definition) is 3. The Labute approximate surface area is 124 Å². The van der Waals surface area contributed by atoms with Crippen molar-refractivity contribution in [2.24, 2.45) is 0 Å². The standard InChI is InChI=1S/C13H15BrN2O4/c14-9-3-1-2-8(4-9)6-15-13(20)16-7-10(17)5-11(16)12(18)19/h1-4,10-11,17H,5-7H2,(H,15,20)(H,18,19)/t10-,11+/m1/s1. The lowest BCUT2D eigenvalue weighted by Crippen LogP contribution is -2.45. The third-order valence-corrected chi connectivity index (χ3v) is 3.65. The molecule has 2 rings (SSSR count). The maximum absolute atomic E-state index is 12.0. The van der Waals surface area contributed by atoms with Gasteiger partial charge in [0.05, 0.1) is 6.10 Å². The van der Waals surface area contributed by atoms with Gasteiger partial charge in [-0.25, -0.2) is 9.59 Å². The number of likely N-dealkylation sites (tertiary alicyclic amines) is 1. The number of rotatable bonds is 3. The molecule has 0 aromatic heterocycles. The van der Waals surface area contributed by atoms with Crippen molar-refractivity contribution in [1.29, 1.82) is 0 Å². The van der Waals surface area contributed by atoms with E-state index in [-0.39, 0.29) is 13.0 Å². The molecule has 7 heteroatoms. The van der Waals surface area contributed by atoms with Gasteiger partial charge in [-0.3, -0.25) is 0 Å². The fourth-order valence-corrected chi connectivity index (χ4v) is 2.65. The van der Waals surface area contributed by atoms with Gasteiger partial charge in [-0.2, -0.15) is 0 Å². The smallest absolute Gasteiger partial charge is 0.326 e. The number of hydrogen-bond acceptors (Lipinski definition) is 3. The Morgan fingerprint density at radius 3 is 2.85 bits per heavy atom. The van der Waals surface area contributed by atoms with Gasteiger partial charge in [-0.15, -0.1) is 0 Å². The van der Waals surface area contributed by atoms with Crippen LogP contribution in [0.25, 0.3) is 0 Å². The first-order chi connectivity index (χ1) is 9.47. The molecule has 1 aliphatic rings. The molecule has 3 N–H and O–H groups in total. The van der Waals surface area contributed by atoms with E-state index in [0.717, 1.165) is 14.9 Å². The van der Waals surface area contributed by atoms with Crippen LogP contribution in [0.4, 0.5) is 4.79 Å². The molecule has 1 aliphatic heterocycles. The molecule has 0 spiro atoms. The van der Waals surface area contributed by atoms with Gasteiger partial charge in [-0.05, 0) is 17.7 Å². The van der Waals surface area contributed by atoms with Gasteiger partial charge in [0.15, 0.2) is 0 Å². The molecule has 1 aromatic rings. The van der Waals surface area contributed by atoms with Crippen molar-refractivity contribution in [3.63, 3.8) is 0 Å². The van der Waals surface area contributed by atoms with Crippen molar-refractivity contribution >= 4 is 27.9 Å². The molecule has 1 aromatic carbocycles. The molecule has 2 amide bonds. The number of carboxylic acid groups (broad SMARTS) is 1. The number of carbonyl (C=O) groups excluding carboxylic acids is 1. The number of aliphatic carboxylic acids is 1. The number of halogens is 1. The Morgan fingerprint density at radius 2 is 2.20 bits per heavy atom. The fraction of sp³-hybridized carbons (Fsp3) is 0.385. The van der Waals surface area contributed by atoms with Gasteiger partial charge < -0.3 is 20.4 Å². The highest BCUT2D eigenvalue weighted by atomic mass is 79.9. The van der Waals surface area contributed by atoms with Crippen molar-refractivity contribution < 1.29 is 19.8 Å². The van der Waals surface area contributed by atoms with E-state index in [1.165, 1.54) is 0 Å². The highest BCUT2D eigenvalue weighted by molar-refractivity contribution is 9.10. The predicted molar refractivity (Wildman–Crippen MR) is 75.1 cm³/mol. The second kappa shape index (κ2) is 6.23. The minimum Gasteiger partial charge on any atom is -0.480 e. The van der Waals surface area contributed by atoms with E-state index in [1.807, 2.05) is 24.3 Å². The number of carbonyl (C=O) groups is 2. The largest absolute Gasteiger partial charge is 0.480 e. The minimum absolute atomic E-state index is 0.0429. The molecule has 0 bridgehead atoms. The van der Waals surface area contributed by atoms with Crippen molar-refractivity contribution in [3.8, 4) is 0 Å². The van der Waals surface area contributed by atoms with E-state index < -0.39 is 24.1 Å². The number of aliphatic hydroxyl groups is 1. The van der Waals surface area contributed by atoms with Gasteiger partial charge in [0.2, 0.25) is 0 Å². The lowest BCUT2D eigenvalue weighted by Gasteiger charge is -2.21. The minimum atomic E-state index is -1.10. The number of β-amino-alcohol motifs (C(OH)–C–C–N with tert-alkyl or cyclic N) is 1. The molecule has 108 valence electrons. The summed E-state index contributed by atoms with van der Waals surface area (Å²) < 4.78 is 0.907. The number of amides is 2. The van der Waals surface area contributed by atoms with Crippen LogP contribution < -0.4 is 5.32 Å². The van der Waals surface area contributed by atoms with Crippen molar-refractivity contribution in [3.05, 3.63) is 34.3 Å². The van der Waals surface area contributed by atoms with Crippen LogP contribution in [0.5, 0.6) is 0 Å². The van der Waals surface area contributed by atoms with Gasteiger partial charge in [0.25, 0.3) is 0 Å². The van der Waals surface area contributed by atoms with Gasteiger partial charge in [0, 0.05) is 24.0 Å². The molecule has 6 nitrogen and oxygen atoms in total. The second-order valence-electron chi connectivity index (χ2n) is 4.68. The molecule has 20 heavy (non-hydrogen) atoms. The molecule has 0 saturated carbocycles. The van der Waals surface area contributed by atoms with E-state index in [0.29, 0.717) is 6.54 Å². The summed E-state index contributed by atoms with van der Waals surface area (Å²) in [5.74, 6) is -1.10. The van der Waals surface area contributed by atoms with Crippen LogP contribution in [0.1, 0.15) is 12.0 Å². The topological polar surface area (TPSA) is 89.9 Å². The van der Waals surface area contributed by atoms with Crippen LogP contribution in [-0.2, 0) is 11.3 Å². The average molecular weight is 343 g/mol. The summed E-state index contributed by atoms with van der Waals surface area (Å²) in [5, 5.41) is 21.2. The number of urea groups is 1. The van der Waals surface area contributed by atoms with Crippen molar-refractivity contribution in [2.75, 3.05) is 6.54 Å². The SMILES string of the molecule is O=C(O)[C@@H]1C[C@@H](O)CN1C(=O)NCc1cccc(Br)c1. The number of aliphatic hydroxyl groups excluding tert-OH is 1. The van der Waals surface area contributed by atoms with Crippen LogP contribution in [0, 0.1) is 0 Å². The molecule has 1 heterocycles. The number of nitrogens with one attached hydrogen (secondary N) is 1. The van der Waals surface area contributed by atoms with E-state index in [2.05, 4.69) is 21.2 Å². The summed E-state index contributed by atoms with van der Waals surface area (Å²) in [7, 11) is 0.